The van der Waals surface area contributed by atoms with Crippen molar-refractivity contribution >= 4 is 17.5 Å². The maximum atomic E-state index is 13.6. The lowest BCUT2D eigenvalue weighted by Crippen LogP contribution is -2.53. The van der Waals surface area contributed by atoms with Gasteiger partial charge in [0.15, 0.2) is 5.60 Å². The molecule has 158 valence electrons. The van der Waals surface area contributed by atoms with E-state index in [1.54, 1.807) is 0 Å². The molecule has 2 amide bonds. The van der Waals surface area contributed by atoms with Crippen LogP contribution < -0.4 is 10.6 Å². The van der Waals surface area contributed by atoms with E-state index in [0.717, 1.165) is 13.0 Å². The van der Waals surface area contributed by atoms with E-state index in [9.17, 15) is 18.4 Å². The summed E-state index contributed by atoms with van der Waals surface area (Å²) in [5.41, 5.74) is -1.43. The van der Waals surface area contributed by atoms with Crippen molar-refractivity contribution in [3.63, 3.8) is 0 Å². The van der Waals surface area contributed by atoms with Gasteiger partial charge in [-0.15, -0.1) is 0 Å². The Hall–Kier alpha value is -2.28. The summed E-state index contributed by atoms with van der Waals surface area (Å²) in [6, 6.07) is 1.11. The van der Waals surface area contributed by atoms with Gasteiger partial charge in [-0.1, -0.05) is 5.16 Å². The lowest BCUT2D eigenvalue weighted by Gasteiger charge is -2.23. The number of carbonyl (C=O) groups is 2. The normalized spacial score (nSPS) is 29.0. The molecule has 2 atom stereocenters. The van der Waals surface area contributed by atoms with Gasteiger partial charge in [0, 0.05) is 38.4 Å². The van der Waals surface area contributed by atoms with Crippen LogP contribution in [0.4, 0.5) is 8.78 Å². The SMILES string of the molecule is CC(F)(F)C[C@H](NC(=O)C1=NOC2(CCN(C3CC3)C2)C1)C(=O)NC1(C#N)CC1. The highest BCUT2D eigenvalue weighted by atomic mass is 19.3. The summed E-state index contributed by atoms with van der Waals surface area (Å²) >= 11 is 0. The van der Waals surface area contributed by atoms with Crippen molar-refractivity contribution in [2.75, 3.05) is 13.1 Å². The van der Waals surface area contributed by atoms with Crippen LogP contribution in [-0.4, -0.2) is 64.7 Å². The average molecular weight is 409 g/mol. The summed E-state index contributed by atoms with van der Waals surface area (Å²) in [5, 5.41) is 17.9. The van der Waals surface area contributed by atoms with Crippen molar-refractivity contribution in [2.45, 2.75) is 81.0 Å². The average Bonchev–Trinajstić information content (AvgIpc) is 3.57. The van der Waals surface area contributed by atoms with E-state index in [4.69, 9.17) is 10.1 Å². The zero-order chi connectivity index (χ0) is 20.9. The number of nitrogens with one attached hydrogen (secondary N) is 2. The van der Waals surface area contributed by atoms with Gasteiger partial charge in [0.2, 0.25) is 11.8 Å². The Balaban J connectivity index is 1.37. The first kappa shape index (κ1) is 20.0. The fourth-order valence-corrected chi connectivity index (χ4v) is 4.01. The molecule has 3 fully saturated rings. The molecule has 0 aromatic heterocycles. The molecule has 4 aliphatic rings. The molecular formula is C19H25F2N5O3. The standard InChI is InChI=1S/C19H25F2N5O3/c1-17(20,21)8-13(16(28)24-18(10-22)4-5-18)23-15(27)14-9-19(29-25-14)6-7-26(11-19)12-2-3-12/h12-13H,2-9,11H2,1H3,(H,23,27)(H,24,28)/t13-,19?/m0/s1. The molecule has 2 aliphatic carbocycles. The molecular weight excluding hydrogens is 384 g/mol. The Morgan fingerprint density at radius 2 is 2.14 bits per heavy atom. The number of carbonyl (C=O) groups excluding carboxylic acids is 2. The van der Waals surface area contributed by atoms with Crippen molar-refractivity contribution < 1.29 is 23.2 Å². The minimum Gasteiger partial charge on any atom is -0.387 e. The predicted octanol–water partition coefficient (Wildman–Crippen LogP) is 1.07. The number of likely N-dealkylation sites (tertiary alicyclic amines) is 1. The molecule has 0 aromatic rings. The Morgan fingerprint density at radius 3 is 2.72 bits per heavy atom. The molecule has 10 heteroatoms. The largest absolute Gasteiger partial charge is 0.387 e. The third-order valence-electron chi connectivity index (χ3n) is 6.02. The van der Waals surface area contributed by atoms with E-state index in [1.807, 2.05) is 6.07 Å². The van der Waals surface area contributed by atoms with E-state index >= 15 is 0 Å². The smallest absolute Gasteiger partial charge is 0.269 e. The number of hydrogen-bond acceptors (Lipinski definition) is 6. The molecule has 2 aliphatic heterocycles. The first-order valence-electron chi connectivity index (χ1n) is 10.0. The summed E-state index contributed by atoms with van der Waals surface area (Å²) in [4.78, 5) is 33.0. The molecule has 0 aromatic carbocycles. The first-order chi connectivity index (χ1) is 13.6. The second kappa shape index (κ2) is 6.90. The van der Waals surface area contributed by atoms with E-state index < -0.39 is 41.3 Å². The molecule has 2 saturated carbocycles. The summed E-state index contributed by atoms with van der Waals surface area (Å²) in [6.07, 6.45) is 3.48. The minimum atomic E-state index is -3.16. The molecule has 1 unspecified atom stereocenters. The van der Waals surface area contributed by atoms with Crippen molar-refractivity contribution in [1.29, 1.82) is 5.26 Å². The van der Waals surface area contributed by atoms with Crippen LogP contribution >= 0.6 is 0 Å². The number of alkyl halides is 2. The maximum absolute atomic E-state index is 13.6. The molecule has 2 N–H and O–H groups in total. The van der Waals surface area contributed by atoms with Crippen molar-refractivity contribution in [3.8, 4) is 6.07 Å². The Morgan fingerprint density at radius 1 is 1.41 bits per heavy atom. The maximum Gasteiger partial charge on any atom is 0.269 e. The third-order valence-corrected chi connectivity index (χ3v) is 6.02. The Labute approximate surface area is 167 Å². The molecule has 2 heterocycles. The first-order valence-corrected chi connectivity index (χ1v) is 10.0. The topological polar surface area (TPSA) is 107 Å². The number of halogens is 2. The van der Waals surface area contributed by atoms with E-state index in [2.05, 4.69) is 20.7 Å². The van der Waals surface area contributed by atoms with Crippen LogP contribution in [0, 0.1) is 11.3 Å². The number of nitriles is 1. The van der Waals surface area contributed by atoms with Gasteiger partial charge in [-0.2, -0.15) is 5.26 Å². The van der Waals surface area contributed by atoms with E-state index in [-0.39, 0.29) is 5.71 Å². The molecule has 8 nitrogen and oxygen atoms in total. The lowest BCUT2D eigenvalue weighted by atomic mass is 9.96. The van der Waals surface area contributed by atoms with Crippen molar-refractivity contribution in [2.24, 2.45) is 5.16 Å². The number of nitrogens with zero attached hydrogens (tertiary/aromatic N) is 3. The van der Waals surface area contributed by atoms with Gasteiger partial charge >= 0.3 is 0 Å². The third kappa shape index (κ3) is 4.50. The summed E-state index contributed by atoms with van der Waals surface area (Å²) < 4.78 is 27.2. The fourth-order valence-electron chi connectivity index (χ4n) is 4.01. The van der Waals surface area contributed by atoms with Gasteiger partial charge in [0.05, 0.1) is 6.07 Å². The Kier molecular flexibility index (Phi) is 4.76. The van der Waals surface area contributed by atoms with Crippen molar-refractivity contribution in [3.05, 3.63) is 0 Å². The zero-order valence-electron chi connectivity index (χ0n) is 16.3. The number of amides is 2. The molecule has 4 rings (SSSR count). The fraction of sp³-hybridized carbons (Fsp3) is 0.789. The molecule has 1 saturated heterocycles. The van der Waals surface area contributed by atoms with E-state index in [1.165, 1.54) is 12.8 Å². The molecule has 0 bridgehead atoms. The van der Waals surface area contributed by atoms with Crippen LogP contribution in [0.5, 0.6) is 0 Å². The van der Waals surface area contributed by atoms with Gasteiger partial charge < -0.3 is 15.5 Å². The van der Waals surface area contributed by atoms with Crippen LogP contribution in [0.25, 0.3) is 0 Å². The number of rotatable bonds is 7. The highest BCUT2D eigenvalue weighted by molar-refractivity contribution is 6.39. The van der Waals surface area contributed by atoms with Crippen LogP contribution in [0.3, 0.4) is 0 Å². The summed E-state index contributed by atoms with van der Waals surface area (Å²) in [6.45, 7) is 2.27. The molecule has 29 heavy (non-hydrogen) atoms. The van der Waals surface area contributed by atoms with Gasteiger partial charge in [-0.3, -0.25) is 14.5 Å². The second-order valence-electron chi connectivity index (χ2n) is 8.92. The number of oxime groups is 1. The van der Waals surface area contributed by atoms with Crippen LogP contribution in [0.1, 0.15) is 51.9 Å². The van der Waals surface area contributed by atoms with Gasteiger partial charge in [-0.05, 0) is 32.6 Å². The quantitative estimate of drug-likeness (QED) is 0.654. The van der Waals surface area contributed by atoms with E-state index in [0.29, 0.717) is 38.8 Å². The highest BCUT2D eigenvalue weighted by Crippen LogP contribution is 2.39. The molecule has 0 radical (unpaired) electrons. The summed E-state index contributed by atoms with van der Waals surface area (Å²) in [5.74, 6) is -4.63. The monoisotopic (exact) mass is 409 g/mol. The zero-order valence-corrected chi connectivity index (χ0v) is 16.3. The van der Waals surface area contributed by atoms with Crippen LogP contribution in [-0.2, 0) is 14.4 Å². The highest BCUT2D eigenvalue weighted by Gasteiger charge is 2.50. The van der Waals surface area contributed by atoms with Crippen LogP contribution in [0.2, 0.25) is 0 Å². The number of hydrogen-bond donors (Lipinski definition) is 2. The van der Waals surface area contributed by atoms with Gasteiger partial charge in [0.25, 0.3) is 5.91 Å². The summed E-state index contributed by atoms with van der Waals surface area (Å²) in [7, 11) is 0. The van der Waals surface area contributed by atoms with Gasteiger partial charge in [-0.25, -0.2) is 8.78 Å². The predicted molar refractivity (Wildman–Crippen MR) is 98.0 cm³/mol. The lowest BCUT2D eigenvalue weighted by molar-refractivity contribution is -0.129. The Bertz CT molecular complexity index is 782. The minimum absolute atomic E-state index is 0.112. The van der Waals surface area contributed by atoms with Gasteiger partial charge in [0.1, 0.15) is 17.3 Å². The van der Waals surface area contributed by atoms with Crippen LogP contribution in [0.15, 0.2) is 5.16 Å². The van der Waals surface area contributed by atoms with Crippen molar-refractivity contribution in [1.82, 2.24) is 15.5 Å². The molecule has 1 spiro atoms. The second-order valence-corrected chi connectivity index (χ2v) is 8.92.